The van der Waals surface area contributed by atoms with E-state index < -0.39 is 11.4 Å². The molecule has 2 rings (SSSR count). The van der Waals surface area contributed by atoms with Gasteiger partial charge in [0.15, 0.2) is 0 Å². The Balaban J connectivity index is 2.02. The minimum atomic E-state index is -0.667. The summed E-state index contributed by atoms with van der Waals surface area (Å²) in [5.74, 6) is -0.667. The number of nitrogens with zero attached hydrogens (tertiary/aromatic N) is 2. The monoisotopic (exact) mass is 208 g/mol. The van der Waals surface area contributed by atoms with Crippen molar-refractivity contribution in [1.29, 1.82) is 0 Å². The zero-order valence-corrected chi connectivity index (χ0v) is 9.10. The molecule has 1 atom stereocenters. The minimum absolute atomic E-state index is 0.0635. The molecule has 0 aromatic carbocycles. The van der Waals surface area contributed by atoms with Crippen molar-refractivity contribution in [2.24, 2.45) is 10.8 Å². The number of carboxylic acids is 1. The first-order valence-corrected chi connectivity index (χ1v) is 5.19. The van der Waals surface area contributed by atoms with Crippen molar-refractivity contribution in [3.8, 4) is 0 Å². The van der Waals surface area contributed by atoms with Crippen LogP contribution in [0.5, 0.6) is 0 Å². The first-order valence-electron chi connectivity index (χ1n) is 5.19. The Labute approximate surface area is 88.9 Å². The summed E-state index contributed by atoms with van der Waals surface area (Å²) in [6.45, 7) is 4.72. The Morgan fingerprint density at radius 1 is 1.60 bits per heavy atom. The molecule has 1 N–H and O–H groups in total. The van der Waals surface area contributed by atoms with E-state index in [0.29, 0.717) is 13.0 Å². The van der Waals surface area contributed by atoms with Crippen LogP contribution in [0.4, 0.5) is 0 Å². The van der Waals surface area contributed by atoms with Crippen molar-refractivity contribution >= 4 is 5.97 Å². The van der Waals surface area contributed by atoms with E-state index in [-0.39, 0.29) is 5.41 Å². The molecule has 1 aliphatic carbocycles. The third-order valence-corrected chi connectivity index (χ3v) is 3.65. The van der Waals surface area contributed by atoms with Gasteiger partial charge in [-0.25, -0.2) is 0 Å². The molecule has 0 saturated heterocycles. The highest BCUT2D eigenvalue weighted by Crippen LogP contribution is 2.65. The van der Waals surface area contributed by atoms with E-state index in [2.05, 4.69) is 5.10 Å². The Morgan fingerprint density at radius 2 is 2.27 bits per heavy atom. The van der Waals surface area contributed by atoms with Gasteiger partial charge in [0.25, 0.3) is 0 Å². The van der Waals surface area contributed by atoms with Crippen LogP contribution >= 0.6 is 0 Å². The van der Waals surface area contributed by atoms with Gasteiger partial charge in [0.2, 0.25) is 0 Å². The molecule has 0 spiro atoms. The number of carboxylic acid groups (broad SMARTS) is 1. The Morgan fingerprint density at radius 3 is 2.67 bits per heavy atom. The van der Waals surface area contributed by atoms with Crippen molar-refractivity contribution in [3.05, 3.63) is 18.5 Å². The Bertz CT molecular complexity index is 370. The second-order valence-corrected chi connectivity index (χ2v) is 4.97. The summed E-state index contributed by atoms with van der Waals surface area (Å²) in [5.41, 5.74) is -0.592. The predicted octanol–water partition coefficient (Wildman–Crippen LogP) is 1.77. The maximum absolute atomic E-state index is 11.2. The SMILES string of the molecule is CC1(C)CC1(CCn1cccn1)C(=O)O. The van der Waals surface area contributed by atoms with Crippen molar-refractivity contribution in [3.63, 3.8) is 0 Å². The molecule has 4 nitrogen and oxygen atoms in total. The molecule has 1 saturated carbocycles. The lowest BCUT2D eigenvalue weighted by Crippen LogP contribution is -2.22. The van der Waals surface area contributed by atoms with Gasteiger partial charge < -0.3 is 5.11 Å². The lowest BCUT2D eigenvalue weighted by atomic mass is 9.92. The number of aryl methyl sites for hydroxylation is 1. The third-order valence-electron chi connectivity index (χ3n) is 3.65. The van der Waals surface area contributed by atoms with Gasteiger partial charge in [-0.1, -0.05) is 13.8 Å². The minimum Gasteiger partial charge on any atom is -0.481 e. The standard InChI is InChI=1S/C11H16N2O2/c1-10(2)8-11(10,9(14)15)4-7-13-6-3-5-12-13/h3,5-6H,4,7-8H2,1-2H3,(H,14,15). The molecule has 0 amide bonds. The van der Waals surface area contributed by atoms with E-state index in [1.165, 1.54) is 0 Å². The van der Waals surface area contributed by atoms with Crippen molar-refractivity contribution in [2.45, 2.75) is 33.2 Å². The molecule has 1 heterocycles. The Kier molecular flexibility index (Phi) is 2.10. The summed E-state index contributed by atoms with van der Waals surface area (Å²) in [5, 5.41) is 13.3. The highest BCUT2D eigenvalue weighted by atomic mass is 16.4. The van der Waals surface area contributed by atoms with Gasteiger partial charge >= 0.3 is 5.97 Å². The van der Waals surface area contributed by atoms with Crippen LogP contribution in [-0.2, 0) is 11.3 Å². The van der Waals surface area contributed by atoms with Crippen LogP contribution in [0, 0.1) is 10.8 Å². The summed E-state index contributed by atoms with van der Waals surface area (Å²) in [6, 6.07) is 1.85. The average Bonchev–Trinajstić information content (AvgIpc) is 2.57. The van der Waals surface area contributed by atoms with Crippen LogP contribution in [0.15, 0.2) is 18.5 Å². The van der Waals surface area contributed by atoms with Gasteiger partial charge in [-0.15, -0.1) is 0 Å². The fourth-order valence-electron chi connectivity index (χ4n) is 2.35. The third kappa shape index (κ3) is 1.54. The van der Waals surface area contributed by atoms with Crippen molar-refractivity contribution < 1.29 is 9.90 Å². The number of carbonyl (C=O) groups is 1. The molecule has 15 heavy (non-hydrogen) atoms. The quantitative estimate of drug-likeness (QED) is 0.820. The average molecular weight is 208 g/mol. The van der Waals surface area contributed by atoms with Crippen LogP contribution in [0.3, 0.4) is 0 Å². The Hall–Kier alpha value is -1.32. The molecule has 82 valence electrons. The van der Waals surface area contributed by atoms with Crippen molar-refractivity contribution in [1.82, 2.24) is 9.78 Å². The predicted molar refractivity (Wildman–Crippen MR) is 55.3 cm³/mol. The molecule has 4 heteroatoms. The van der Waals surface area contributed by atoms with E-state index >= 15 is 0 Å². The second kappa shape index (κ2) is 3.08. The molecule has 0 aliphatic heterocycles. The maximum atomic E-state index is 11.2. The van der Waals surface area contributed by atoms with Gasteiger partial charge in [0.1, 0.15) is 0 Å². The smallest absolute Gasteiger partial charge is 0.310 e. The lowest BCUT2D eigenvalue weighted by Gasteiger charge is -2.15. The maximum Gasteiger partial charge on any atom is 0.310 e. The fourth-order valence-corrected chi connectivity index (χ4v) is 2.35. The summed E-state index contributed by atoms with van der Waals surface area (Å²) < 4.78 is 1.79. The van der Waals surface area contributed by atoms with E-state index in [1.807, 2.05) is 26.1 Å². The lowest BCUT2D eigenvalue weighted by molar-refractivity contribution is -0.145. The van der Waals surface area contributed by atoms with Crippen LogP contribution in [0.2, 0.25) is 0 Å². The molecular formula is C11H16N2O2. The largest absolute Gasteiger partial charge is 0.481 e. The van der Waals surface area contributed by atoms with Crippen LogP contribution in [0.1, 0.15) is 26.7 Å². The van der Waals surface area contributed by atoms with Gasteiger partial charge in [0.05, 0.1) is 5.41 Å². The van der Waals surface area contributed by atoms with E-state index in [0.717, 1.165) is 6.42 Å². The van der Waals surface area contributed by atoms with Crippen LogP contribution < -0.4 is 0 Å². The molecule has 0 bridgehead atoms. The molecule has 0 radical (unpaired) electrons. The summed E-state index contributed by atoms with van der Waals surface area (Å²) in [6.07, 6.45) is 5.02. The zero-order chi connectivity index (χ0) is 11.1. The molecular weight excluding hydrogens is 192 g/mol. The highest BCUT2D eigenvalue weighted by molar-refractivity contribution is 5.79. The number of hydrogen-bond acceptors (Lipinski definition) is 2. The topological polar surface area (TPSA) is 55.1 Å². The zero-order valence-electron chi connectivity index (χ0n) is 9.10. The summed E-state index contributed by atoms with van der Waals surface area (Å²) >= 11 is 0. The highest BCUT2D eigenvalue weighted by Gasteiger charge is 2.66. The number of aliphatic carboxylic acids is 1. The van der Waals surface area contributed by atoms with E-state index in [9.17, 15) is 9.90 Å². The van der Waals surface area contributed by atoms with Gasteiger partial charge in [0, 0.05) is 18.9 Å². The number of rotatable bonds is 4. The second-order valence-electron chi connectivity index (χ2n) is 4.97. The van der Waals surface area contributed by atoms with Crippen molar-refractivity contribution in [2.75, 3.05) is 0 Å². The number of hydrogen-bond donors (Lipinski definition) is 1. The van der Waals surface area contributed by atoms with Crippen LogP contribution in [0.25, 0.3) is 0 Å². The summed E-state index contributed by atoms with van der Waals surface area (Å²) in [7, 11) is 0. The number of aromatic nitrogens is 2. The van der Waals surface area contributed by atoms with E-state index in [1.54, 1.807) is 10.9 Å². The molecule has 1 aromatic rings. The van der Waals surface area contributed by atoms with Crippen LogP contribution in [-0.4, -0.2) is 20.9 Å². The summed E-state index contributed by atoms with van der Waals surface area (Å²) in [4.78, 5) is 11.2. The molecule has 1 unspecified atom stereocenters. The fraction of sp³-hybridized carbons (Fsp3) is 0.636. The van der Waals surface area contributed by atoms with Gasteiger partial charge in [-0.05, 0) is 24.3 Å². The normalized spacial score (nSPS) is 27.6. The molecule has 1 fully saturated rings. The van der Waals surface area contributed by atoms with Gasteiger partial charge in [-0.3, -0.25) is 9.48 Å². The molecule has 1 aliphatic rings. The first-order chi connectivity index (χ1) is 6.98. The van der Waals surface area contributed by atoms with E-state index in [4.69, 9.17) is 0 Å². The molecule has 1 aromatic heterocycles. The van der Waals surface area contributed by atoms with Gasteiger partial charge in [-0.2, -0.15) is 5.10 Å². The first kappa shape index (κ1) is 10.2.